The van der Waals surface area contributed by atoms with E-state index in [0.717, 1.165) is 22.2 Å². The summed E-state index contributed by atoms with van der Waals surface area (Å²) in [5, 5.41) is 3.99. The molecular formula is C22H21N5O3. The molecule has 0 aliphatic rings. The number of aromatic nitrogens is 3. The summed E-state index contributed by atoms with van der Waals surface area (Å²) in [6, 6.07) is 12.8. The molecule has 4 rings (SSSR count). The fourth-order valence-corrected chi connectivity index (χ4v) is 3.05. The third kappa shape index (κ3) is 4.22. The zero-order valence-corrected chi connectivity index (χ0v) is 16.9. The lowest BCUT2D eigenvalue weighted by atomic mass is 10.1. The number of nitrogens with two attached hydrogens (primary N) is 1. The lowest BCUT2D eigenvalue weighted by Gasteiger charge is -2.10. The van der Waals surface area contributed by atoms with Gasteiger partial charge in [-0.15, -0.1) is 0 Å². The Hall–Kier alpha value is -3.94. The molecule has 0 radical (unpaired) electrons. The van der Waals surface area contributed by atoms with Crippen LogP contribution in [0.25, 0.3) is 11.0 Å². The van der Waals surface area contributed by atoms with Gasteiger partial charge in [-0.3, -0.25) is 0 Å². The van der Waals surface area contributed by atoms with Crippen molar-refractivity contribution >= 4 is 28.6 Å². The number of ether oxygens (including phenoxy) is 1. The Morgan fingerprint density at radius 3 is 2.60 bits per heavy atom. The summed E-state index contributed by atoms with van der Waals surface area (Å²) >= 11 is 0. The van der Waals surface area contributed by atoms with Crippen LogP contribution >= 0.6 is 0 Å². The van der Waals surface area contributed by atoms with Crippen molar-refractivity contribution in [1.29, 1.82) is 0 Å². The monoisotopic (exact) mass is 403 g/mol. The Labute approximate surface area is 172 Å². The largest absolute Gasteiger partial charge is 0.485 e. The summed E-state index contributed by atoms with van der Waals surface area (Å²) in [5.41, 5.74) is 9.96. The summed E-state index contributed by atoms with van der Waals surface area (Å²) < 4.78 is 11.0. The third-order valence-corrected chi connectivity index (χ3v) is 4.75. The van der Waals surface area contributed by atoms with Crippen molar-refractivity contribution in [3.63, 3.8) is 0 Å². The first kappa shape index (κ1) is 19.4. The summed E-state index contributed by atoms with van der Waals surface area (Å²) in [6.45, 7) is 6.02. The van der Waals surface area contributed by atoms with Gasteiger partial charge < -0.3 is 20.2 Å². The van der Waals surface area contributed by atoms with Gasteiger partial charge in [-0.1, -0.05) is 6.07 Å². The van der Waals surface area contributed by atoms with Gasteiger partial charge in [0.05, 0.1) is 0 Å². The minimum atomic E-state index is -0.399. The van der Waals surface area contributed by atoms with Crippen LogP contribution < -0.4 is 21.4 Å². The second kappa shape index (κ2) is 7.82. The molecule has 0 fully saturated rings. The van der Waals surface area contributed by atoms with Crippen LogP contribution in [0.3, 0.4) is 0 Å². The van der Waals surface area contributed by atoms with Crippen LogP contribution in [0.2, 0.25) is 0 Å². The van der Waals surface area contributed by atoms with E-state index >= 15 is 0 Å². The quantitative estimate of drug-likeness (QED) is 0.483. The Morgan fingerprint density at radius 1 is 0.967 bits per heavy atom. The fraction of sp³-hybridized carbons (Fsp3) is 0.182. The molecule has 0 amide bonds. The fourth-order valence-electron chi connectivity index (χ4n) is 3.05. The Kier molecular flexibility index (Phi) is 5.05. The first-order chi connectivity index (χ1) is 14.4. The molecule has 0 unspecified atom stereocenters. The predicted octanol–water partition coefficient (Wildman–Crippen LogP) is 3.81. The molecule has 0 saturated heterocycles. The van der Waals surface area contributed by atoms with E-state index in [1.165, 1.54) is 11.6 Å². The topological polar surface area (TPSA) is 116 Å². The number of rotatable bonds is 5. The van der Waals surface area contributed by atoms with Gasteiger partial charge in [-0.05, 0) is 61.7 Å². The second-order valence-electron chi connectivity index (χ2n) is 7.05. The van der Waals surface area contributed by atoms with E-state index < -0.39 is 5.63 Å². The third-order valence-electron chi connectivity index (χ3n) is 4.75. The molecule has 8 heteroatoms. The number of aryl methyl sites for hydroxylation is 3. The lowest BCUT2D eigenvalue weighted by molar-refractivity contribution is 0.296. The van der Waals surface area contributed by atoms with E-state index in [1.807, 2.05) is 38.1 Å². The molecule has 0 aliphatic heterocycles. The molecule has 0 bridgehead atoms. The van der Waals surface area contributed by atoms with Crippen LogP contribution in [0.4, 0.5) is 17.6 Å². The Bertz CT molecular complexity index is 1300. The summed E-state index contributed by atoms with van der Waals surface area (Å²) in [5.74, 6) is 1.33. The van der Waals surface area contributed by atoms with Crippen molar-refractivity contribution in [3.8, 4) is 5.75 Å². The van der Waals surface area contributed by atoms with Gasteiger partial charge in [-0.2, -0.15) is 15.0 Å². The highest BCUT2D eigenvalue weighted by atomic mass is 16.5. The number of nitrogens with zero attached hydrogens (tertiary/aromatic N) is 3. The molecule has 30 heavy (non-hydrogen) atoms. The number of fused-ring (bicyclic) bond motifs is 1. The molecule has 152 valence electrons. The van der Waals surface area contributed by atoms with Gasteiger partial charge in [0, 0.05) is 23.2 Å². The van der Waals surface area contributed by atoms with E-state index in [0.29, 0.717) is 23.1 Å². The molecule has 0 spiro atoms. The molecule has 8 nitrogen and oxygen atoms in total. The van der Waals surface area contributed by atoms with Crippen molar-refractivity contribution in [2.45, 2.75) is 27.4 Å². The van der Waals surface area contributed by atoms with Crippen LogP contribution in [-0.4, -0.2) is 15.0 Å². The number of nitrogen functional groups attached to an aromatic ring is 1. The van der Waals surface area contributed by atoms with Crippen LogP contribution in [0.15, 0.2) is 51.7 Å². The normalized spacial score (nSPS) is 10.9. The first-order valence-corrected chi connectivity index (χ1v) is 9.39. The highest BCUT2D eigenvalue weighted by molar-refractivity contribution is 5.81. The van der Waals surface area contributed by atoms with Crippen LogP contribution in [-0.2, 0) is 6.61 Å². The maximum atomic E-state index is 11.6. The SMILES string of the molecule is Cc1ccc(Nc2nc(N)nc(COc3ccc4c(C)cc(=O)oc4c3)n2)cc1C. The summed E-state index contributed by atoms with van der Waals surface area (Å²) in [7, 11) is 0. The maximum Gasteiger partial charge on any atom is 0.336 e. The first-order valence-electron chi connectivity index (χ1n) is 9.39. The molecule has 2 aromatic heterocycles. The average Bonchev–Trinajstić information content (AvgIpc) is 2.68. The molecule has 2 heterocycles. The van der Waals surface area contributed by atoms with Crippen LogP contribution in [0, 0.1) is 20.8 Å². The van der Waals surface area contributed by atoms with Gasteiger partial charge in [0.1, 0.15) is 17.9 Å². The maximum absolute atomic E-state index is 11.6. The van der Waals surface area contributed by atoms with E-state index in [4.69, 9.17) is 14.9 Å². The van der Waals surface area contributed by atoms with Gasteiger partial charge >= 0.3 is 5.63 Å². The van der Waals surface area contributed by atoms with E-state index in [1.54, 1.807) is 12.1 Å². The van der Waals surface area contributed by atoms with Crippen LogP contribution in [0.1, 0.15) is 22.5 Å². The number of nitrogens with one attached hydrogen (secondary N) is 1. The number of benzene rings is 2. The standard InChI is InChI=1S/C22H21N5O3/c1-12-4-5-15(8-13(12)2)24-22-26-19(25-21(23)27-22)11-29-16-6-7-17-14(3)9-20(28)30-18(17)10-16/h4-10H,11H2,1-3H3,(H3,23,24,25,26,27). The summed E-state index contributed by atoms with van der Waals surface area (Å²) in [4.78, 5) is 24.2. The van der Waals surface area contributed by atoms with Crippen molar-refractivity contribution in [2.24, 2.45) is 0 Å². The Morgan fingerprint density at radius 2 is 1.80 bits per heavy atom. The van der Waals surface area contributed by atoms with Crippen molar-refractivity contribution in [3.05, 3.63) is 75.4 Å². The molecule has 0 atom stereocenters. The smallest absolute Gasteiger partial charge is 0.336 e. The average molecular weight is 403 g/mol. The Balaban J connectivity index is 1.53. The molecule has 0 aliphatic carbocycles. The zero-order chi connectivity index (χ0) is 21.3. The van der Waals surface area contributed by atoms with Gasteiger partial charge in [0.15, 0.2) is 5.82 Å². The summed E-state index contributed by atoms with van der Waals surface area (Å²) in [6.07, 6.45) is 0. The second-order valence-corrected chi connectivity index (χ2v) is 7.05. The minimum Gasteiger partial charge on any atom is -0.485 e. The molecular weight excluding hydrogens is 382 g/mol. The van der Waals surface area contributed by atoms with Crippen molar-refractivity contribution < 1.29 is 9.15 Å². The van der Waals surface area contributed by atoms with Crippen molar-refractivity contribution in [2.75, 3.05) is 11.1 Å². The number of anilines is 3. The van der Waals surface area contributed by atoms with Crippen molar-refractivity contribution in [1.82, 2.24) is 15.0 Å². The van der Waals surface area contributed by atoms with E-state index in [9.17, 15) is 4.79 Å². The van der Waals surface area contributed by atoms with E-state index in [-0.39, 0.29) is 12.6 Å². The van der Waals surface area contributed by atoms with Gasteiger partial charge in [-0.25, -0.2) is 4.79 Å². The van der Waals surface area contributed by atoms with Gasteiger partial charge in [0.2, 0.25) is 11.9 Å². The lowest BCUT2D eigenvalue weighted by Crippen LogP contribution is -2.09. The highest BCUT2D eigenvalue weighted by Crippen LogP contribution is 2.23. The predicted molar refractivity (Wildman–Crippen MR) is 115 cm³/mol. The molecule has 2 aromatic carbocycles. The molecule has 4 aromatic rings. The van der Waals surface area contributed by atoms with Crippen LogP contribution in [0.5, 0.6) is 5.75 Å². The highest BCUT2D eigenvalue weighted by Gasteiger charge is 2.08. The minimum absolute atomic E-state index is 0.0792. The molecule has 0 saturated carbocycles. The number of hydrogen-bond acceptors (Lipinski definition) is 8. The molecule has 3 N–H and O–H groups in total. The zero-order valence-electron chi connectivity index (χ0n) is 16.9. The van der Waals surface area contributed by atoms with Gasteiger partial charge in [0.25, 0.3) is 0 Å². The number of hydrogen-bond donors (Lipinski definition) is 2. The van der Waals surface area contributed by atoms with E-state index in [2.05, 4.69) is 27.2 Å².